The van der Waals surface area contributed by atoms with Gasteiger partial charge in [0.1, 0.15) is 0 Å². The quantitative estimate of drug-likeness (QED) is 0.626. The first-order valence-electron chi connectivity index (χ1n) is 3.13. The summed E-state index contributed by atoms with van der Waals surface area (Å²) in [6, 6.07) is 0. The number of hydrogen-bond acceptors (Lipinski definition) is 4. The molecule has 0 saturated heterocycles. The highest BCUT2D eigenvalue weighted by molar-refractivity contribution is 8.68. The highest BCUT2D eigenvalue weighted by Gasteiger charge is 2.04. The first kappa shape index (κ1) is 9.71. The molecular formula is C6H8ClNS3. The van der Waals surface area contributed by atoms with E-state index in [1.54, 1.807) is 10.8 Å². The van der Waals surface area contributed by atoms with Crippen LogP contribution in [0, 0.1) is 0 Å². The summed E-state index contributed by atoms with van der Waals surface area (Å²) in [5.41, 5.74) is 0. The van der Waals surface area contributed by atoms with Gasteiger partial charge in [0.25, 0.3) is 0 Å². The van der Waals surface area contributed by atoms with Crippen LogP contribution >= 0.6 is 45.4 Å². The first-order valence-corrected chi connectivity index (χ1v) is 6.25. The molecule has 0 aromatic carbocycles. The molecule has 0 saturated carbocycles. The minimum atomic E-state index is 0.523. The van der Waals surface area contributed by atoms with Crippen LogP contribution in [0.5, 0.6) is 0 Å². The zero-order chi connectivity index (χ0) is 8.27. The summed E-state index contributed by atoms with van der Waals surface area (Å²) >= 11 is 11.3. The van der Waals surface area contributed by atoms with Gasteiger partial charge < -0.3 is 0 Å². The number of rotatable bonds is 3. The lowest BCUT2D eigenvalue weighted by Crippen LogP contribution is -1.96. The zero-order valence-electron chi connectivity index (χ0n) is 5.95. The van der Waals surface area contributed by atoms with Crippen LogP contribution < -0.4 is 0 Å². The average molecular weight is 226 g/mol. The molecule has 0 aliphatic carbocycles. The number of halogens is 1. The minimum Gasteiger partial charge on any atom is -0.233 e. The second-order valence-corrected chi connectivity index (χ2v) is 5.55. The van der Waals surface area contributed by atoms with Crippen LogP contribution in [0.2, 0.25) is 4.47 Å². The molecule has 1 atom stereocenters. The van der Waals surface area contributed by atoms with Gasteiger partial charge in [-0.15, -0.1) is 23.0 Å². The second kappa shape index (κ2) is 4.60. The Morgan fingerprint density at radius 2 is 2.64 bits per heavy atom. The maximum atomic E-state index is 5.67. The Morgan fingerprint density at radius 3 is 3.09 bits per heavy atom. The van der Waals surface area contributed by atoms with E-state index in [9.17, 15) is 0 Å². The molecule has 1 unspecified atom stereocenters. The van der Waals surface area contributed by atoms with Crippen LogP contribution in [0.25, 0.3) is 0 Å². The molecule has 1 nitrogen and oxygen atoms in total. The summed E-state index contributed by atoms with van der Waals surface area (Å²) in [5.74, 6) is 0. The maximum Gasteiger partial charge on any atom is 0.183 e. The number of thiol groups is 1. The van der Waals surface area contributed by atoms with Gasteiger partial charge in [0, 0.05) is 16.3 Å². The molecule has 0 aliphatic rings. The predicted molar refractivity (Wildman–Crippen MR) is 56.9 cm³/mol. The van der Waals surface area contributed by atoms with Crippen LogP contribution in [0.1, 0.15) is 11.8 Å². The van der Waals surface area contributed by atoms with E-state index in [0.29, 0.717) is 9.72 Å². The summed E-state index contributed by atoms with van der Waals surface area (Å²) in [6.45, 7) is 2.13. The fourth-order valence-corrected chi connectivity index (χ4v) is 2.39. The van der Waals surface area contributed by atoms with Crippen LogP contribution in [0.15, 0.2) is 6.20 Å². The normalized spacial score (nSPS) is 13.4. The average Bonchev–Trinajstić information content (AvgIpc) is 2.35. The summed E-state index contributed by atoms with van der Waals surface area (Å²) in [4.78, 5) is 5.18. The number of thiazole rings is 1. The van der Waals surface area contributed by atoms with E-state index in [0.717, 1.165) is 6.42 Å². The third kappa shape index (κ3) is 3.23. The van der Waals surface area contributed by atoms with Crippen LogP contribution in [-0.4, -0.2) is 10.2 Å². The van der Waals surface area contributed by atoms with Gasteiger partial charge in [-0.05, 0) is 6.42 Å². The summed E-state index contributed by atoms with van der Waals surface area (Å²) < 4.78 is 0.622. The van der Waals surface area contributed by atoms with Crippen LogP contribution in [-0.2, 0) is 6.42 Å². The van der Waals surface area contributed by atoms with E-state index in [4.69, 9.17) is 11.6 Å². The standard InChI is InChI=1S/C6H8ClNS3/c1-4(11-9)2-5-3-8-6(7)10-5/h3-4,9H,2H2,1H3. The van der Waals surface area contributed by atoms with Gasteiger partial charge in [-0.3, -0.25) is 0 Å². The lowest BCUT2D eigenvalue weighted by molar-refractivity contribution is 0.965. The predicted octanol–water partition coefficient (Wildman–Crippen LogP) is 3.31. The lowest BCUT2D eigenvalue weighted by Gasteiger charge is -2.02. The van der Waals surface area contributed by atoms with Crippen molar-refractivity contribution in [3.63, 3.8) is 0 Å². The fourth-order valence-electron chi connectivity index (χ4n) is 0.699. The number of aromatic nitrogens is 1. The molecule has 1 rings (SSSR count). The largest absolute Gasteiger partial charge is 0.233 e. The van der Waals surface area contributed by atoms with E-state index >= 15 is 0 Å². The third-order valence-electron chi connectivity index (χ3n) is 1.19. The van der Waals surface area contributed by atoms with Crippen molar-refractivity contribution < 1.29 is 0 Å². The highest BCUT2D eigenvalue weighted by Crippen LogP contribution is 2.24. The highest BCUT2D eigenvalue weighted by atomic mass is 35.5. The topological polar surface area (TPSA) is 12.9 Å². The summed E-state index contributed by atoms with van der Waals surface area (Å²) in [7, 11) is 1.56. The Morgan fingerprint density at radius 1 is 1.91 bits per heavy atom. The Hall–Kier alpha value is 0.620. The maximum absolute atomic E-state index is 5.67. The molecule has 0 N–H and O–H groups in total. The SMILES string of the molecule is CC(Cc1cnc(Cl)s1)SS. The smallest absolute Gasteiger partial charge is 0.183 e. The van der Waals surface area contributed by atoms with Gasteiger partial charge in [0.15, 0.2) is 4.47 Å². The van der Waals surface area contributed by atoms with Crippen molar-refractivity contribution in [3.8, 4) is 0 Å². The van der Waals surface area contributed by atoms with Crippen molar-refractivity contribution in [1.82, 2.24) is 4.98 Å². The molecule has 0 radical (unpaired) electrons. The summed E-state index contributed by atoms with van der Waals surface area (Å²) in [6.07, 6.45) is 2.83. The molecule has 0 amide bonds. The van der Waals surface area contributed by atoms with Crippen molar-refractivity contribution in [2.24, 2.45) is 0 Å². The molecule has 1 aromatic rings. The van der Waals surface area contributed by atoms with E-state index in [1.165, 1.54) is 16.2 Å². The Balaban J connectivity index is 2.50. The summed E-state index contributed by atoms with van der Waals surface area (Å²) in [5, 5.41) is 0.523. The Kier molecular flexibility index (Phi) is 4.06. The lowest BCUT2D eigenvalue weighted by atomic mass is 10.3. The van der Waals surface area contributed by atoms with Crippen molar-refractivity contribution in [3.05, 3.63) is 15.5 Å². The molecule has 5 heteroatoms. The molecule has 1 heterocycles. The van der Waals surface area contributed by atoms with Crippen molar-refractivity contribution in [2.75, 3.05) is 0 Å². The molecule has 0 aliphatic heterocycles. The van der Waals surface area contributed by atoms with E-state index in [2.05, 4.69) is 23.6 Å². The molecule has 0 fully saturated rings. The minimum absolute atomic E-state index is 0.523. The Labute approximate surface area is 84.4 Å². The molecule has 62 valence electrons. The number of nitrogens with zero attached hydrogens (tertiary/aromatic N) is 1. The van der Waals surface area contributed by atoms with Crippen LogP contribution in [0.4, 0.5) is 0 Å². The monoisotopic (exact) mass is 225 g/mol. The third-order valence-corrected chi connectivity index (χ3v) is 3.94. The van der Waals surface area contributed by atoms with Crippen molar-refractivity contribution >= 4 is 45.4 Å². The van der Waals surface area contributed by atoms with E-state index in [1.807, 2.05) is 6.20 Å². The van der Waals surface area contributed by atoms with Gasteiger partial charge >= 0.3 is 0 Å². The molecule has 0 bridgehead atoms. The molecule has 1 aromatic heterocycles. The van der Waals surface area contributed by atoms with Crippen molar-refractivity contribution in [1.29, 1.82) is 0 Å². The molecular weight excluding hydrogens is 218 g/mol. The van der Waals surface area contributed by atoms with Crippen molar-refractivity contribution in [2.45, 2.75) is 18.6 Å². The molecule has 11 heavy (non-hydrogen) atoms. The van der Waals surface area contributed by atoms with Gasteiger partial charge in [0.2, 0.25) is 0 Å². The Bertz CT molecular complexity index is 225. The van der Waals surface area contributed by atoms with Gasteiger partial charge in [0.05, 0.1) is 0 Å². The van der Waals surface area contributed by atoms with E-state index < -0.39 is 0 Å². The van der Waals surface area contributed by atoms with Crippen LogP contribution in [0.3, 0.4) is 0 Å². The van der Waals surface area contributed by atoms with E-state index in [-0.39, 0.29) is 0 Å². The second-order valence-electron chi connectivity index (χ2n) is 2.20. The van der Waals surface area contributed by atoms with Gasteiger partial charge in [-0.25, -0.2) is 4.98 Å². The van der Waals surface area contributed by atoms with Gasteiger partial charge in [-0.1, -0.05) is 29.3 Å². The fraction of sp³-hybridized carbons (Fsp3) is 0.500. The first-order chi connectivity index (χ1) is 5.22. The van der Waals surface area contributed by atoms with Gasteiger partial charge in [-0.2, -0.15) is 0 Å². The molecule has 0 spiro atoms. The zero-order valence-corrected chi connectivity index (χ0v) is 9.23. The number of hydrogen-bond donors (Lipinski definition) is 1.